The molecule has 2 heterocycles. The molecule has 0 fully saturated rings. The number of carbonyl (C=O) groups excluding carboxylic acids is 2. The molecule has 2 aromatic rings. The van der Waals surface area contributed by atoms with Gasteiger partial charge in [0, 0.05) is 11.1 Å². The van der Waals surface area contributed by atoms with Crippen LogP contribution < -0.4 is 0 Å². The van der Waals surface area contributed by atoms with Crippen molar-refractivity contribution in [1.82, 2.24) is 0 Å². The molecule has 0 saturated heterocycles. The topological polar surface area (TPSA) is 34.1 Å². The Hall–Kier alpha value is -1.26. The third-order valence-corrected chi connectivity index (χ3v) is 4.06. The van der Waals surface area contributed by atoms with Crippen molar-refractivity contribution < 1.29 is 9.59 Å². The maximum absolute atomic E-state index is 11.8. The van der Waals surface area contributed by atoms with Crippen LogP contribution in [0.1, 0.15) is 64.6 Å². The van der Waals surface area contributed by atoms with Crippen LogP contribution in [0.2, 0.25) is 0 Å². The first-order valence-corrected chi connectivity index (χ1v) is 8.21. The monoisotopic (exact) mass is 294 g/mol. The summed E-state index contributed by atoms with van der Waals surface area (Å²) in [5, 5.41) is 3.58. The normalized spacial score (nSPS) is 11.6. The molecule has 0 radical (unpaired) electrons. The molecule has 0 bridgehead atoms. The molecule has 1 aliphatic carbocycles. The van der Waals surface area contributed by atoms with Crippen molar-refractivity contribution >= 4 is 34.2 Å². The predicted octanol–water partition coefficient (Wildman–Crippen LogP) is 5.03. The van der Waals surface area contributed by atoms with Crippen LogP contribution in [0.25, 0.3) is 0 Å². The Balaban J connectivity index is 0.000000321. The summed E-state index contributed by atoms with van der Waals surface area (Å²) in [4.78, 5) is 24.9. The van der Waals surface area contributed by atoms with Gasteiger partial charge in [-0.1, -0.05) is 34.1 Å². The Morgan fingerprint density at radius 3 is 1.58 bits per heavy atom. The van der Waals surface area contributed by atoms with Crippen LogP contribution in [-0.4, -0.2) is 11.6 Å². The predicted molar refractivity (Wildman–Crippen MR) is 82.8 cm³/mol. The molecule has 1 aliphatic rings. The number of hydrogen-bond acceptors (Lipinski definition) is 4. The summed E-state index contributed by atoms with van der Waals surface area (Å²) in [7, 11) is 0. The van der Waals surface area contributed by atoms with Crippen LogP contribution in [0, 0.1) is 0 Å². The SMILES string of the molecule is CC.CCC.O=C1c2ccsc2C(=O)c2sccc21. The van der Waals surface area contributed by atoms with E-state index in [9.17, 15) is 9.59 Å². The maximum atomic E-state index is 11.8. The van der Waals surface area contributed by atoms with Crippen LogP contribution in [0.5, 0.6) is 0 Å². The van der Waals surface area contributed by atoms with Crippen molar-refractivity contribution in [3.63, 3.8) is 0 Å². The molecule has 2 nitrogen and oxygen atoms in total. The van der Waals surface area contributed by atoms with Gasteiger partial charge in [0.2, 0.25) is 5.78 Å². The third kappa shape index (κ3) is 3.01. The highest BCUT2D eigenvalue weighted by molar-refractivity contribution is 7.16. The first kappa shape index (κ1) is 15.8. The lowest BCUT2D eigenvalue weighted by molar-refractivity contribution is 0.0986. The van der Waals surface area contributed by atoms with Crippen LogP contribution in [0.15, 0.2) is 22.9 Å². The van der Waals surface area contributed by atoms with Crippen LogP contribution in [0.3, 0.4) is 0 Å². The van der Waals surface area contributed by atoms with Crippen LogP contribution >= 0.6 is 22.7 Å². The van der Waals surface area contributed by atoms with E-state index in [0.717, 1.165) is 0 Å². The summed E-state index contributed by atoms with van der Waals surface area (Å²) < 4.78 is 0. The van der Waals surface area contributed by atoms with Gasteiger partial charge in [-0.3, -0.25) is 9.59 Å². The zero-order chi connectivity index (χ0) is 14.4. The zero-order valence-corrected chi connectivity index (χ0v) is 13.3. The lowest BCUT2D eigenvalue weighted by Crippen LogP contribution is -2.15. The minimum absolute atomic E-state index is 0.000370. The maximum Gasteiger partial charge on any atom is 0.214 e. The van der Waals surface area contributed by atoms with Crippen molar-refractivity contribution in [1.29, 1.82) is 0 Å². The van der Waals surface area contributed by atoms with Gasteiger partial charge in [-0.25, -0.2) is 0 Å². The van der Waals surface area contributed by atoms with Gasteiger partial charge in [-0.15, -0.1) is 22.7 Å². The molecule has 0 spiro atoms. The second kappa shape index (κ2) is 7.36. The lowest BCUT2D eigenvalue weighted by Gasteiger charge is -2.08. The highest BCUT2D eigenvalue weighted by Crippen LogP contribution is 2.33. The number of fused-ring (bicyclic) bond motifs is 2. The van der Waals surface area contributed by atoms with Crippen molar-refractivity contribution in [2.24, 2.45) is 0 Å². The molecule has 3 rings (SSSR count). The number of rotatable bonds is 0. The fraction of sp³-hybridized carbons (Fsp3) is 0.333. The number of hydrogen-bond donors (Lipinski definition) is 0. The molecule has 0 saturated carbocycles. The van der Waals surface area contributed by atoms with E-state index >= 15 is 0 Å². The average molecular weight is 294 g/mol. The molecular formula is C15H18O2S2. The quantitative estimate of drug-likeness (QED) is 0.583. The molecule has 102 valence electrons. The summed E-state index contributed by atoms with van der Waals surface area (Å²) in [6, 6.07) is 3.45. The van der Waals surface area contributed by atoms with E-state index in [1.165, 1.54) is 29.1 Å². The van der Waals surface area contributed by atoms with Crippen molar-refractivity contribution in [2.45, 2.75) is 34.1 Å². The van der Waals surface area contributed by atoms with E-state index in [2.05, 4.69) is 13.8 Å². The van der Waals surface area contributed by atoms with E-state index in [1.54, 1.807) is 22.9 Å². The van der Waals surface area contributed by atoms with E-state index in [4.69, 9.17) is 0 Å². The molecule has 2 aromatic heterocycles. The fourth-order valence-electron chi connectivity index (χ4n) is 1.58. The molecule has 0 unspecified atom stereocenters. The van der Waals surface area contributed by atoms with E-state index < -0.39 is 0 Å². The highest BCUT2D eigenvalue weighted by Gasteiger charge is 2.31. The Labute approximate surface area is 122 Å². The van der Waals surface area contributed by atoms with Crippen molar-refractivity contribution in [2.75, 3.05) is 0 Å². The highest BCUT2D eigenvalue weighted by atomic mass is 32.1. The molecule has 0 amide bonds. The Morgan fingerprint density at radius 1 is 0.842 bits per heavy atom. The standard InChI is InChI=1S/C10H4O2S2.C3H8.C2H6/c11-7-5-1-3-13-9(5)8(12)10-6(7)2-4-14-10;1-3-2;1-2/h1-4H;3H2,1-2H3;1-2H3. The van der Waals surface area contributed by atoms with Gasteiger partial charge in [0.15, 0.2) is 5.78 Å². The largest absolute Gasteiger partial charge is 0.288 e. The molecule has 4 heteroatoms. The molecule has 19 heavy (non-hydrogen) atoms. The fourth-order valence-corrected chi connectivity index (χ4v) is 3.31. The van der Waals surface area contributed by atoms with Gasteiger partial charge in [0.05, 0.1) is 9.75 Å². The van der Waals surface area contributed by atoms with Crippen molar-refractivity contribution in [3.8, 4) is 0 Å². The second-order valence-corrected chi connectivity index (χ2v) is 5.52. The first-order valence-electron chi connectivity index (χ1n) is 6.45. The van der Waals surface area contributed by atoms with E-state index in [1.807, 2.05) is 13.8 Å². The van der Waals surface area contributed by atoms with Gasteiger partial charge in [-0.2, -0.15) is 0 Å². The Kier molecular flexibility index (Phi) is 6.12. The summed E-state index contributed by atoms with van der Waals surface area (Å²) in [6.07, 6.45) is 1.25. The van der Waals surface area contributed by atoms with Gasteiger partial charge < -0.3 is 0 Å². The molecular weight excluding hydrogens is 276 g/mol. The zero-order valence-electron chi connectivity index (χ0n) is 11.6. The van der Waals surface area contributed by atoms with Crippen LogP contribution in [0.4, 0.5) is 0 Å². The smallest absolute Gasteiger partial charge is 0.214 e. The van der Waals surface area contributed by atoms with Gasteiger partial charge in [-0.05, 0) is 22.9 Å². The Morgan fingerprint density at radius 2 is 1.21 bits per heavy atom. The lowest BCUT2D eigenvalue weighted by atomic mass is 9.96. The minimum atomic E-state index is -0.0166. The average Bonchev–Trinajstić information content (AvgIpc) is 3.08. The summed E-state index contributed by atoms with van der Waals surface area (Å²) in [5.74, 6) is -0.0169. The van der Waals surface area contributed by atoms with Gasteiger partial charge in [0.25, 0.3) is 0 Å². The third-order valence-electron chi connectivity index (χ3n) is 2.23. The van der Waals surface area contributed by atoms with Crippen LogP contribution in [-0.2, 0) is 0 Å². The number of thiophene rings is 2. The van der Waals surface area contributed by atoms with Gasteiger partial charge in [0.1, 0.15) is 0 Å². The summed E-state index contributed by atoms with van der Waals surface area (Å²) in [5.41, 5.74) is 1.12. The molecule has 0 N–H and O–H groups in total. The Bertz CT molecular complexity index is 473. The summed E-state index contributed by atoms with van der Waals surface area (Å²) in [6.45, 7) is 8.25. The molecule has 0 aliphatic heterocycles. The van der Waals surface area contributed by atoms with Gasteiger partial charge >= 0.3 is 0 Å². The van der Waals surface area contributed by atoms with E-state index in [-0.39, 0.29) is 11.6 Å². The van der Waals surface area contributed by atoms with Crippen molar-refractivity contribution in [3.05, 3.63) is 43.8 Å². The first-order chi connectivity index (χ1) is 9.20. The molecule has 0 atom stereocenters. The second-order valence-electron chi connectivity index (χ2n) is 3.69. The van der Waals surface area contributed by atoms with E-state index in [0.29, 0.717) is 20.9 Å². The minimum Gasteiger partial charge on any atom is -0.288 e. The number of ketones is 2. The summed E-state index contributed by atoms with van der Waals surface area (Å²) >= 11 is 2.68. The number of carbonyl (C=O) groups is 2. The molecule has 0 aromatic carbocycles.